The van der Waals surface area contributed by atoms with Crippen LogP contribution in [0.5, 0.6) is 28.7 Å². The normalized spacial score (nSPS) is 18.5. The number of fused-ring (bicyclic) bond motifs is 2. The van der Waals surface area contributed by atoms with Gasteiger partial charge in [-0.05, 0) is 72.8 Å². The third-order valence-electron chi connectivity index (χ3n) is 7.00. The first-order chi connectivity index (χ1) is 17.0. The molecule has 6 nitrogen and oxygen atoms in total. The number of carbonyl (C=O) groups is 1. The molecule has 0 aliphatic carbocycles. The van der Waals surface area contributed by atoms with E-state index in [4.69, 9.17) is 9.47 Å². The number of hydrogen-bond donors (Lipinski definition) is 3. The summed E-state index contributed by atoms with van der Waals surface area (Å²) in [5.74, 6) is 0.0931. The largest absolute Gasteiger partial charge is 0.507 e. The van der Waals surface area contributed by atoms with Crippen molar-refractivity contribution < 1.29 is 29.6 Å². The molecule has 0 aromatic heterocycles. The number of rotatable bonds is 6. The molecule has 192 valence electrons. The highest BCUT2D eigenvalue weighted by Crippen LogP contribution is 2.49. The van der Waals surface area contributed by atoms with Crippen molar-refractivity contribution in [3.05, 3.63) is 63.8 Å². The number of aromatic hydroxyl groups is 3. The Morgan fingerprint density at radius 2 is 1.83 bits per heavy atom. The van der Waals surface area contributed by atoms with Crippen LogP contribution in [0.25, 0.3) is 0 Å². The monoisotopic (exact) mass is 492 g/mol. The zero-order chi connectivity index (χ0) is 26.2. The lowest BCUT2D eigenvalue weighted by atomic mass is 9.87. The molecule has 1 unspecified atom stereocenters. The minimum atomic E-state index is -0.667. The van der Waals surface area contributed by atoms with Gasteiger partial charge in [0.1, 0.15) is 34.5 Å². The molecule has 2 heterocycles. The van der Waals surface area contributed by atoms with Gasteiger partial charge in [-0.15, -0.1) is 0 Å². The van der Waals surface area contributed by atoms with Gasteiger partial charge in [-0.3, -0.25) is 4.79 Å². The van der Waals surface area contributed by atoms with Gasteiger partial charge in [0.25, 0.3) is 0 Å². The summed E-state index contributed by atoms with van der Waals surface area (Å²) >= 11 is 0. The molecule has 0 amide bonds. The fraction of sp³-hybridized carbons (Fsp3) is 0.433. The molecule has 2 aliphatic rings. The lowest BCUT2D eigenvalue weighted by molar-refractivity contribution is 0.0782. The average molecular weight is 493 g/mol. The van der Waals surface area contributed by atoms with E-state index in [0.717, 1.165) is 19.3 Å². The number of hydrogen-bond acceptors (Lipinski definition) is 6. The summed E-state index contributed by atoms with van der Waals surface area (Å²) in [5, 5.41) is 31.8. The third-order valence-corrected chi connectivity index (χ3v) is 7.00. The Bertz CT molecular complexity index is 1250. The van der Waals surface area contributed by atoms with Crippen molar-refractivity contribution in [1.29, 1.82) is 0 Å². The molecule has 0 saturated carbocycles. The number of ketones is 1. The molecule has 4 rings (SSSR count). The molecule has 6 heteroatoms. The second-order valence-electron chi connectivity index (χ2n) is 10.7. The van der Waals surface area contributed by atoms with Crippen molar-refractivity contribution in [1.82, 2.24) is 0 Å². The molecule has 36 heavy (non-hydrogen) atoms. The highest BCUT2D eigenvalue weighted by atomic mass is 16.5. The summed E-state index contributed by atoms with van der Waals surface area (Å²) in [6, 6.07) is 4.80. The van der Waals surface area contributed by atoms with Gasteiger partial charge in [-0.25, -0.2) is 0 Å². The van der Waals surface area contributed by atoms with Crippen LogP contribution < -0.4 is 9.47 Å². The van der Waals surface area contributed by atoms with Crippen LogP contribution in [0.2, 0.25) is 0 Å². The van der Waals surface area contributed by atoms with Crippen LogP contribution >= 0.6 is 0 Å². The Morgan fingerprint density at radius 1 is 1.08 bits per heavy atom. The molecule has 0 spiro atoms. The van der Waals surface area contributed by atoms with Gasteiger partial charge in [0.05, 0.1) is 6.42 Å². The van der Waals surface area contributed by atoms with E-state index in [-0.39, 0.29) is 46.4 Å². The van der Waals surface area contributed by atoms with Gasteiger partial charge in [0.2, 0.25) is 0 Å². The second kappa shape index (κ2) is 9.92. The molecule has 3 N–H and O–H groups in total. The zero-order valence-corrected chi connectivity index (χ0v) is 21.8. The number of ether oxygens (including phenoxy) is 2. The first-order valence-electron chi connectivity index (χ1n) is 12.6. The van der Waals surface area contributed by atoms with Crippen LogP contribution in [0, 0.1) is 0 Å². The van der Waals surface area contributed by atoms with Crippen molar-refractivity contribution in [2.75, 3.05) is 0 Å². The number of phenolic OH excluding ortho intramolecular Hbond substituents is 3. The fourth-order valence-corrected chi connectivity index (χ4v) is 4.89. The maximum Gasteiger partial charge on any atom is 0.174 e. The van der Waals surface area contributed by atoms with Crippen molar-refractivity contribution in [3.63, 3.8) is 0 Å². The molecule has 0 saturated heterocycles. The Hall–Kier alpha value is -3.41. The molecule has 2 aromatic carbocycles. The topological polar surface area (TPSA) is 96.2 Å². The zero-order valence-electron chi connectivity index (χ0n) is 21.8. The molecule has 2 aliphatic heterocycles. The van der Waals surface area contributed by atoms with Crippen molar-refractivity contribution in [3.8, 4) is 28.7 Å². The van der Waals surface area contributed by atoms with Gasteiger partial charge in [-0.1, -0.05) is 29.4 Å². The summed E-state index contributed by atoms with van der Waals surface area (Å²) in [5.41, 5.74) is 4.05. The Kier molecular flexibility index (Phi) is 7.07. The van der Waals surface area contributed by atoms with E-state index in [1.54, 1.807) is 12.1 Å². The summed E-state index contributed by atoms with van der Waals surface area (Å²) in [7, 11) is 0. The highest BCUT2D eigenvalue weighted by molar-refractivity contribution is 6.03. The van der Waals surface area contributed by atoms with Gasteiger partial charge in [0, 0.05) is 22.8 Å². The van der Waals surface area contributed by atoms with Crippen molar-refractivity contribution in [2.24, 2.45) is 0 Å². The predicted octanol–water partition coefficient (Wildman–Crippen LogP) is 6.85. The van der Waals surface area contributed by atoms with Crippen LogP contribution in [0.15, 0.2) is 41.5 Å². The molecule has 0 radical (unpaired) electrons. The molecular formula is C30H36O6. The number of phenols is 3. The van der Waals surface area contributed by atoms with E-state index in [2.05, 4.69) is 19.9 Å². The van der Waals surface area contributed by atoms with Gasteiger partial charge in [0.15, 0.2) is 17.3 Å². The van der Waals surface area contributed by atoms with Gasteiger partial charge >= 0.3 is 0 Å². The van der Waals surface area contributed by atoms with Crippen LogP contribution in [-0.2, 0) is 12.8 Å². The second-order valence-corrected chi connectivity index (χ2v) is 10.7. The maximum atomic E-state index is 13.2. The van der Waals surface area contributed by atoms with Crippen LogP contribution in [0.4, 0.5) is 0 Å². The minimum absolute atomic E-state index is 0.0200. The van der Waals surface area contributed by atoms with E-state index in [1.165, 1.54) is 17.2 Å². The molecule has 0 fully saturated rings. The van der Waals surface area contributed by atoms with E-state index in [9.17, 15) is 20.1 Å². The van der Waals surface area contributed by atoms with Crippen molar-refractivity contribution in [2.45, 2.75) is 84.8 Å². The molecule has 2 aromatic rings. The average Bonchev–Trinajstić information content (AvgIpc) is 2.78. The van der Waals surface area contributed by atoms with Crippen LogP contribution in [0.1, 0.15) is 93.5 Å². The van der Waals surface area contributed by atoms with Gasteiger partial charge in [-0.2, -0.15) is 0 Å². The Labute approximate surface area is 212 Å². The highest BCUT2D eigenvalue weighted by Gasteiger charge is 2.37. The number of benzene rings is 2. The lowest BCUT2D eigenvalue weighted by Gasteiger charge is -2.35. The van der Waals surface area contributed by atoms with E-state index in [1.807, 2.05) is 26.8 Å². The SMILES string of the molecule is CC(C)=CCCC(C)=CCc1c(C2CC(=O)c3c(cc4c(c3O)CCC(C)(C)O4)O2)ccc(O)c1O. The quantitative estimate of drug-likeness (QED) is 0.301. The maximum absolute atomic E-state index is 13.2. The van der Waals surface area contributed by atoms with E-state index < -0.39 is 6.10 Å². The first-order valence-corrected chi connectivity index (χ1v) is 12.6. The minimum Gasteiger partial charge on any atom is -0.507 e. The Balaban J connectivity index is 1.66. The lowest BCUT2D eigenvalue weighted by Crippen LogP contribution is -2.33. The van der Waals surface area contributed by atoms with Crippen LogP contribution in [-0.4, -0.2) is 26.7 Å². The van der Waals surface area contributed by atoms with Crippen molar-refractivity contribution >= 4 is 5.78 Å². The summed E-state index contributed by atoms with van der Waals surface area (Å²) in [4.78, 5) is 13.2. The fourth-order valence-electron chi connectivity index (χ4n) is 4.89. The smallest absolute Gasteiger partial charge is 0.174 e. The van der Waals surface area contributed by atoms with E-state index in [0.29, 0.717) is 35.3 Å². The number of Topliss-reactive ketones (excluding diaryl/α,β-unsaturated/α-hetero) is 1. The number of allylic oxidation sites excluding steroid dienone is 4. The number of carbonyl (C=O) groups excluding carboxylic acids is 1. The van der Waals surface area contributed by atoms with Gasteiger partial charge < -0.3 is 24.8 Å². The summed E-state index contributed by atoms with van der Waals surface area (Å²) < 4.78 is 12.3. The van der Waals surface area contributed by atoms with E-state index >= 15 is 0 Å². The van der Waals surface area contributed by atoms with Crippen LogP contribution in [0.3, 0.4) is 0 Å². The molecule has 1 atom stereocenters. The molecule has 0 bridgehead atoms. The third kappa shape index (κ3) is 5.23. The molecular weight excluding hydrogens is 456 g/mol. The summed E-state index contributed by atoms with van der Waals surface area (Å²) in [6.45, 7) is 10.2. The summed E-state index contributed by atoms with van der Waals surface area (Å²) in [6.07, 6.45) is 7.16. The first kappa shape index (κ1) is 25.7. The standard InChI is InChI=1S/C30H36O6/c1-17(2)7-6-8-18(3)9-10-20-19(11-12-22(31)28(20)33)24-15-23(32)27-26(35-24)16-25-21(29(27)34)13-14-30(4,5)36-25/h7,9,11-12,16,24,31,33-34H,6,8,10,13-15H2,1-5H3. The predicted molar refractivity (Wildman–Crippen MR) is 139 cm³/mol. The Morgan fingerprint density at radius 3 is 2.56 bits per heavy atom.